The average Bonchev–Trinajstić information content (AvgIpc) is 2.81. The molecule has 1 saturated carbocycles. The zero-order valence-corrected chi connectivity index (χ0v) is 12.0. The second kappa shape index (κ2) is 6.16. The molecule has 1 unspecified atom stereocenters. The van der Waals surface area contributed by atoms with Gasteiger partial charge in [-0.1, -0.05) is 6.92 Å². The summed E-state index contributed by atoms with van der Waals surface area (Å²) < 4.78 is 39.9. The van der Waals surface area contributed by atoms with Crippen LogP contribution in [-0.4, -0.2) is 22.5 Å². The highest BCUT2D eigenvalue weighted by atomic mass is 19.4. The molecular formula is C14H22F3N3. The van der Waals surface area contributed by atoms with Crippen LogP contribution in [0.15, 0.2) is 12.3 Å². The monoisotopic (exact) mass is 289 g/mol. The van der Waals surface area contributed by atoms with Gasteiger partial charge in [0.25, 0.3) is 0 Å². The molecule has 1 fully saturated rings. The Morgan fingerprint density at radius 3 is 2.45 bits per heavy atom. The van der Waals surface area contributed by atoms with Crippen LogP contribution in [0.3, 0.4) is 0 Å². The van der Waals surface area contributed by atoms with Crippen LogP contribution in [0.4, 0.5) is 13.2 Å². The standard InChI is InChI=1S/C14H22F3N3/c1-3-18-13(12-8-9-20(2)19-12)10-4-6-11(7-5-10)14(15,16)17/h8-11,13,18H,3-7H2,1-2H3. The van der Waals surface area contributed by atoms with Gasteiger partial charge in [0.15, 0.2) is 0 Å². The number of halogens is 3. The highest BCUT2D eigenvalue weighted by Crippen LogP contribution is 2.42. The number of hydrogen-bond acceptors (Lipinski definition) is 2. The molecule has 1 heterocycles. The van der Waals surface area contributed by atoms with E-state index in [1.165, 1.54) is 0 Å². The van der Waals surface area contributed by atoms with Gasteiger partial charge in [0, 0.05) is 13.2 Å². The molecule has 3 nitrogen and oxygen atoms in total. The maximum Gasteiger partial charge on any atom is 0.391 e. The second-order valence-corrected chi connectivity index (χ2v) is 5.60. The highest BCUT2D eigenvalue weighted by molar-refractivity contribution is 5.07. The van der Waals surface area contributed by atoms with Crippen LogP contribution in [0.25, 0.3) is 0 Å². The van der Waals surface area contributed by atoms with Gasteiger partial charge in [-0.25, -0.2) is 0 Å². The molecule has 0 aliphatic heterocycles. The van der Waals surface area contributed by atoms with Gasteiger partial charge in [0.2, 0.25) is 0 Å². The smallest absolute Gasteiger partial charge is 0.309 e. The van der Waals surface area contributed by atoms with Crippen LogP contribution in [0, 0.1) is 11.8 Å². The lowest BCUT2D eigenvalue weighted by molar-refractivity contribution is -0.184. The number of aromatic nitrogens is 2. The number of hydrogen-bond donors (Lipinski definition) is 1. The van der Waals surface area contributed by atoms with E-state index >= 15 is 0 Å². The van der Waals surface area contributed by atoms with Crippen molar-refractivity contribution in [3.05, 3.63) is 18.0 Å². The van der Waals surface area contributed by atoms with E-state index in [4.69, 9.17) is 0 Å². The summed E-state index contributed by atoms with van der Waals surface area (Å²) in [5.74, 6) is -0.881. The average molecular weight is 289 g/mol. The zero-order chi connectivity index (χ0) is 14.8. The molecule has 0 radical (unpaired) electrons. The fraction of sp³-hybridized carbons (Fsp3) is 0.786. The first-order valence-corrected chi connectivity index (χ1v) is 7.21. The van der Waals surface area contributed by atoms with E-state index < -0.39 is 12.1 Å². The third-order valence-corrected chi connectivity index (χ3v) is 4.18. The Bertz CT molecular complexity index is 420. The number of aryl methyl sites for hydroxylation is 1. The van der Waals surface area contributed by atoms with Crippen molar-refractivity contribution in [3.63, 3.8) is 0 Å². The molecule has 1 atom stereocenters. The maximum atomic E-state index is 12.7. The zero-order valence-electron chi connectivity index (χ0n) is 12.0. The molecule has 1 aromatic rings. The first kappa shape index (κ1) is 15.4. The Morgan fingerprint density at radius 2 is 2.00 bits per heavy atom. The summed E-state index contributed by atoms with van der Waals surface area (Å²) in [5.41, 5.74) is 0.935. The van der Waals surface area contributed by atoms with Crippen LogP contribution in [-0.2, 0) is 7.05 Å². The number of alkyl halides is 3. The fourth-order valence-electron chi connectivity index (χ4n) is 3.11. The summed E-state index contributed by atoms with van der Waals surface area (Å²) in [6.07, 6.45) is -0.465. The maximum absolute atomic E-state index is 12.7. The van der Waals surface area contributed by atoms with Crippen LogP contribution >= 0.6 is 0 Å². The predicted octanol–water partition coefficient (Wildman–Crippen LogP) is 3.44. The van der Waals surface area contributed by atoms with E-state index in [-0.39, 0.29) is 24.8 Å². The quantitative estimate of drug-likeness (QED) is 0.920. The van der Waals surface area contributed by atoms with Crippen molar-refractivity contribution in [1.29, 1.82) is 0 Å². The minimum absolute atomic E-state index is 0.0652. The van der Waals surface area contributed by atoms with Crippen molar-refractivity contribution < 1.29 is 13.2 Å². The summed E-state index contributed by atoms with van der Waals surface area (Å²) in [4.78, 5) is 0. The number of nitrogens with zero attached hydrogens (tertiary/aromatic N) is 2. The molecule has 1 aliphatic rings. The van der Waals surface area contributed by atoms with Crippen LogP contribution < -0.4 is 5.32 Å². The molecular weight excluding hydrogens is 267 g/mol. The summed E-state index contributed by atoms with van der Waals surface area (Å²) >= 11 is 0. The van der Waals surface area contributed by atoms with E-state index in [1.807, 2.05) is 26.2 Å². The lowest BCUT2D eigenvalue weighted by atomic mass is 9.77. The van der Waals surface area contributed by atoms with Gasteiger partial charge in [0.1, 0.15) is 0 Å². The number of nitrogens with one attached hydrogen (secondary N) is 1. The third-order valence-electron chi connectivity index (χ3n) is 4.18. The Hall–Kier alpha value is -1.04. The van der Waals surface area contributed by atoms with Crippen molar-refractivity contribution in [2.45, 2.75) is 44.8 Å². The van der Waals surface area contributed by atoms with E-state index in [2.05, 4.69) is 10.4 Å². The van der Waals surface area contributed by atoms with Crippen molar-refractivity contribution in [2.75, 3.05) is 6.54 Å². The van der Waals surface area contributed by atoms with Crippen LogP contribution in [0.1, 0.15) is 44.3 Å². The molecule has 114 valence electrons. The fourth-order valence-corrected chi connectivity index (χ4v) is 3.11. The molecule has 2 rings (SSSR count). The molecule has 1 N–H and O–H groups in total. The lowest BCUT2D eigenvalue weighted by Gasteiger charge is -2.34. The van der Waals surface area contributed by atoms with E-state index in [9.17, 15) is 13.2 Å². The lowest BCUT2D eigenvalue weighted by Crippen LogP contribution is -2.34. The Labute approximate surface area is 117 Å². The Kier molecular flexibility index (Phi) is 4.73. The highest BCUT2D eigenvalue weighted by Gasteiger charge is 2.42. The van der Waals surface area contributed by atoms with Gasteiger partial charge in [-0.05, 0) is 44.2 Å². The summed E-state index contributed by atoms with van der Waals surface area (Å²) in [6, 6.07) is 2.01. The van der Waals surface area contributed by atoms with E-state index in [0.29, 0.717) is 12.8 Å². The van der Waals surface area contributed by atoms with Gasteiger partial charge in [-0.2, -0.15) is 18.3 Å². The molecule has 20 heavy (non-hydrogen) atoms. The topological polar surface area (TPSA) is 29.9 Å². The first-order valence-electron chi connectivity index (χ1n) is 7.21. The Balaban J connectivity index is 2.02. The molecule has 0 bridgehead atoms. The largest absolute Gasteiger partial charge is 0.391 e. The summed E-state index contributed by atoms with van der Waals surface area (Å²) in [7, 11) is 1.85. The molecule has 6 heteroatoms. The number of rotatable bonds is 4. The minimum atomic E-state index is -4.04. The van der Waals surface area contributed by atoms with Crippen molar-refractivity contribution in [1.82, 2.24) is 15.1 Å². The van der Waals surface area contributed by atoms with E-state index in [0.717, 1.165) is 12.2 Å². The van der Waals surface area contributed by atoms with Crippen molar-refractivity contribution in [3.8, 4) is 0 Å². The van der Waals surface area contributed by atoms with Gasteiger partial charge in [0.05, 0.1) is 17.7 Å². The molecule has 1 aliphatic carbocycles. The van der Waals surface area contributed by atoms with Crippen LogP contribution in [0.5, 0.6) is 0 Å². The van der Waals surface area contributed by atoms with Gasteiger partial charge < -0.3 is 5.32 Å². The minimum Gasteiger partial charge on any atom is -0.309 e. The van der Waals surface area contributed by atoms with Gasteiger partial charge in [-0.3, -0.25) is 4.68 Å². The normalized spacial score (nSPS) is 25.6. The summed E-state index contributed by atoms with van der Waals surface area (Å²) in [6.45, 7) is 2.80. The molecule has 1 aromatic heterocycles. The van der Waals surface area contributed by atoms with Crippen LogP contribution in [0.2, 0.25) is 0 Å². The third kappa shape index (κ3) is 3.53. The van der Waals surface area contributed by atoms with Gasteiger partial charge >= 0.3 is 6.18 Å². The predicted molar refractivity (Wildman–Crippen MR) is 71.1 cm³/mol. The molecule has 0 spiro atoms. The summed E-state index contributed by atoms with van der Waals surface area (Å²) in [5, 5.41) is 7.78. The Morgan fingerprint density at radius 1 is 1.35 bits per heavy atom. The first-order chi connectivity index (χ1) is 9.41. The van der Waals surface area contributed by atoms with Gasteiger partial charge in [-0.15, -0.1) is 0 Å². The van der Waals surface area contributed by atoms with Crippen molar-refractivity contribution >= 4 is 0 Å². The SMILES string of the molecule is CCNC(c1ccn(C)n1)C1CCC(C(F)(F)F)CC1. The molecule has 0 amide bonds. The second-order valence-electron chi connectivity index (χ2n) is 5.60. The molecule has 0 saturated heterocycles. The van der Waals surface area contributed by atoms with Crippen molar-refractivity contribution in [2.24, 2.45) is 18.9 Å². The molecule has 0 aromatic carbocycles. The van der Waals surface area contributed by atoms with E-state index in [1.54, 1.807) is 4.68 Å².